The lowest BCUT2D eigenvalue weighted by molar-refractivity contribution is 0.0935. The summed E-state index contributed by atoms with van der Waals surface area (Å²) >= 11 is 0. The fourth-order valence-electron chi connectivity index (χ4n) is 3.44. The van der Waals surface area contributed by atoms with Crippen molar-refractivity contribution in [1.29, 1.82) is 0 Å². The number of hydrogen-bond acceptors (Lipinski definition) is 4. The number of H-pyrrole nitrogens is 1. The van der Waals surface area contributed by atoms with Crippen molar-refractivity contribution in [2.45, 2.75) is 13.0 Å². The molecular formula is C23H20N4O3. The van der Waals surface area contributed by atoms with Gasteiger partial charge in [-0.2, -0.15) is 5.10 Å². The van der Waals surface area contributed by atoms with Gasteiger partial charge in [-0.25, -0.2) is 0 Å². The van der Waals surface area contributed by atoms with Crippen LogP contribution in [0.5, 0.6) is 11.5 Å². The van der Waals surface area contributed by atoms with E-state index in [1.54, 1.807) is 6.07 Å². The van der Waals surface area contributed by atoms with Crippen LogP contribution >= 0.6 is 0 Å². The number of rotatable bonds is 5. The lowest BCUT2D eigenvalue weighted by Crippen LogP contribution is -2.26. The topological polar surface area (TPSA) is 81.2 Å². The minimum Gasteiger partial charge on any atom is -0.454 e. The molecule has 1 aliphatic heterocycles. The molecule has 7 nitrogen and oxygen atoms in total. The van der Waals surface area contributed by atoms with Gasteiger partial charge in [0.2, 0.25) is 6.79 Å². The Morgan fingerprint density at radius 1 is 1.07 bits per heavy atom. The molecule has 0 spiro atoms. The van der Waals surface area contributed by atoms with Gasteiger partial charge in [-0.05, 0) is 61.0 Å². The smallest absolute Gasteiger partial charge is 0.269 e. The zero-order chi connectivity index (χ0) is 20.5. The predicted octanol–water partition coefficient (Wildman–Crippen LogP) is 4.09. The van der Waals surface area contributed by atoms with Crippen LogP contribution in [0.1, 0.15) is 29.0 Å². The minimum atomic E-state index is -0.212. The van der Waals surface area contributed by atoms with Gasteiger partial charge < -0.3 is 19.4 Å². The van der Waals surface area contributed by atoms with E-state index in [1.807, 2.05) is 78.5 Å². The molecule has 0 fully saturated rings. The molecule has 0 saturated heterocycles. The monoisotopic (exact) mass is 400 g/mol. The Hall–Kier alpha value is -4.00. The number of benzene rings is 2. The molecule has 150 valence electrons. The normalized spacial score (nSPS) is 13.2. The van der Waals surface area contributed by atoms with E-state index in [0.717, 1.165) is 16.8 Å². The van der Waals surface area contributed by atoms with Gasteiger partial charge >= 0.3 is 0 Å². The molecule has 0 bridgehead atoms. The Kier molecular flexibility index (Phi) is 4.48. The second kappa shape index (κ2) is 7.44. The van der Waals surface area contributed by atoms with E-state index in [2.05, 4.69) is 15.5 Å². The number of ether oxygens (including phenoxy) is 2. The number of carbonyl (C=O) groups is 1. The first kappa shape index (κ1) is 18.1. The molecule has 2 N–H and O–H groups in total. The summed E-state index contributed by atoms with van der Waals surface area (Å²) in [5.74, 6) is 1.18. The maximum Gasteiger partial charge on any atom is 0.269 e. The van der Waals surface area contributed by atoms with Gasteiger partial charge in [0, 0.05) is 23.6 Å². The number of nitrogens with one attached hydrogen (secondary N) is 2. The van der Waals surface area contributed by atoms with Crippen LogP contribution in [0.4, 0.5) is 0 Å². The van der Waals surface area contributed by atoms with Gasteiger partial charge in [0.15, 0.2) is 11.5 Å². The van der Waals surface area contributed by atoms with Crippen molar-refractivity contribution in [3.63, 3.8) is 0 Å². The molecule has 2 aromatic heterocycles. The second-order valence-electron chi connectivity index (χ2n) is 7.11. The average Bonchev–Trinajstić information content (AvgIpc) is 3.54. The van der Waals surface area contributed by atoms with Crippen molar-refractivity contribution in [1.82, 2.24) is 20.1 Å². The maximum absolute atomic E-state index is 12.7. The van der Waals surface area contributed by atoms with Crippen LogP contribution in [-0.2, 0) is 0 Å². The van der Waals surface area contributed by atoms with Crippen molar-refractivity contribution < 1.29 is 14.3 Å². The zero-order valence-electron chi connectivity index (χ0n) is 16.3. The number of aromatic amines is 1. The summed E-state index contributed by atoms with van der Waals surface area (Å²) in [6, 6.07) is 19.2. The highest BCUT2D eigenvalue weighted by Crippen LogP contribution is 2.35. The first-order valence-corrected chi connectivity index (χ1v) is 9.67. The highest BCUT2D eigenvalue weighted by molar-refractivity contribution is 5.93. The van der Waals surface area contributed by atoms with Gasteiger partial charge in [0.25, 0.3) is 5.91 Å². The van der Waals surface area contributed by atoms with Crippen LogP contribution in [0, 0.1) is 0 Å². The number of nitrogens with zero attached hydrogens (tertiary/aromatic N) is 2. The molecule has 7 heteroatoms. The Morgan fingerprint density at radius 3 is 2.63 bits per heavy atom. The third kappa shape index (κ3) is 3.41. The Balaban J connectivity index is 1.27. The summed E-state index contributed by atoms with van der Waals surface area (Å²) in [7, 11) is 0. The average molecular weight is 400 g/mol. The van der Waals surface area contributed by atoms with E-state index in [4.69, 9.17) is 9.47 Å². The number of carbonyl (C=O) groups excluding carboxylic acids is 1. The Morgan fingerprint density at radius 2 is 1.83 bits per heavy atom. The molecule has 0 radical (unpaired) electrons. The lowest BCUT2D eigenvalue weighted by Gasteiger charge is -2.14. The molecule has 3 heterocycles. The molecule has 0 saturated carbocycles. The lowest BCUT2D eigenvalue weighted by atomic mass is 10.1. The highest BCUT2D eigenvalue weighted by Gasteiger charge is 2.17. The molecule has 1 amide bonds. The molecule has 5 rings (SSSR count). The Labute approximate surface area is 173 Å². The largest absolute Gasteiger partial charge is 0.454 e. The third-order valence-electron chi connectivity index (χ3n) is 5.13. The standard InChI is InChI=1S/C23H20N4O3/c1-15(16-4-7-18(8-5-16)27-10-2-3-11-27)24-23(28)20-13-19(25-26-20)17-6-9-21-22(12-17)30-14-29-21/h2-13,15H,14H2,1H3,(H,24,28)(H,25,26). The first-order chi connectivity index (χ1) is 14.7. The van der Waals surface area contributed by atoms with Crippen LogP contribution in [0.25, 0.3) is 16.9 Å². The molecule has 30 heavy (non-hydrogen) atoms. The highest BCUT2D eigenvalue weighted by atomic mass is 16.7. The molecule has 1 atom stereocenters. The quantitative estimate of drug-likeness (QED) is 0.529. The van der Waals surface area contributed by atoms with Crippen molar-refractivity contribution in [3.05, 3.63) is 84.3 Å². The minimum absolute atomic E-state index is 0.145. The summed E-state index contributed by atoms with van der Waals surface area (Å²) in [6.45, 7) is 2.18. The predicted molar refractivity (Wildman–Crippen MR) is 112 cm³/mol. The summed E-state index contributed by atoms with van der Waals surface area (Å²) in [5.41, 5.74) is 4.02. The molecule has 0 aliphatic carbocycles. The molecular weight excluding hydrogens is 380 g/mol. The number of aromatic nitrogens is 3. The fraction of sp³-hybridized carbons (Fsp3) is 0.130. The summed E-state index contributed by atoms with van der Waals surface area (Å²) < 4.78 is 12.8. The van der Waals surface area contributed by atoms with Crippen molar-refractivity contribution in [2.75, 3.05) is 6.79 Å². The van der Waals surface area contributed by atoms with Crippen LogP contribution in [0.2, 0.25) is 0 Å². The van der Waals surface area contributed by atoms with Crippen LogP contribution in [-0.4, -0.2) is 27.5 Å². The summed E-state index contributed by atoms with van der Waals surface area (Å²) in [4.78, 5) is 12.7. The van der Waals surface area contributed by atoms with E-state index in [-0.39, 0.29) is 18.7 Å². The molecule has 4 aromatic rings. The van der Waals surface area contributed by atoms with E-state index in [0.29, 0.717) is 22.9 Å². The van der Waals surface area contributed by atoms with Gasteiger partial charge in [-0.15, -0.1) is 0 Å². The van der Waals surface area contributed by atoms with Crippen LogP contribution in [0.3, 0.4) is 0 Å². The second-order valence-corrected chi connectivity index (χ2v) is 7.11. The number of amides is 1. The summed E-state index contributed by atoms with van der Waals surface area (Å²) in [5, 5.41) is 10.1. The van der Waals surface area contributed by atoms with Crippen molar-refractivity contribution >= 4 is 5.91 Å². The third-order valence-corrected chi connectivity index (χ3v) is 5.13. The van der Waals surface area contributed by atoms with E-state index in [1.165, 1.54) is 0 Å². The van der Waals surface area contributed by atoms with Crippen LogP contribution < -0.4 is 14.8 Å². The Bertz CT molecular complexity index is 1180. The molecule has 1 unspecified atom stereocenters. The van der Waals surface area contributed by atoms with E-state index >= 15 is 0 Å². The molecule has 2 aromatic carbocycles. The zero-order valence-corrected chi connectivity index (χ0v) is 16.3. The molecule has 1 aliphatic rings. The van der Waals surface area contributed by atoms with Crippen LogP contribution in [0.15, 0.2) is 73.1 Å². The number of fused-ring (bicyclic) bond motifs is 1. The van der Waals surface area contributed by atoms with Gasteiger partial charge in [-0.3, -0.25) is 9.89 Å². The maximum atomic E-state index is 12.7. The van der Waals surface area contributed by atoms with Gasteiger partial charge in [-0.1, -0.05) is 12.1 Å². The van der Waals surface area contributed by atoms with Gasteiger partial charge in [0.05, 0.1) is 11.7 Å². The fourth-order valence-corrected chi connectivity index (χ4v) is 3.44. The van der Waals surface area contributed by atoms with E-state index in [9.17, 15) is 4.79 Å². The number of hydrogen-bond donors (Lipinski definition) is 2. The van der Waals surface area contributed by atoms with Crippen molar-refractivity contribution in [2.24, 2.45) is 0 Å². The SMILES string of the molecule is CC(NC(=O)c1cc(-c2ccc3c(c2)OCO3)n[nH]1)c1ccc(-n2cccc2)cc1. The first-order valence-electron chi connectivity index (χ1n) is 9.67. The summed E-state index contributed by atoms with van der Waals surface area (Å²) in [6.07, 6.45) is 3.99. The van der Waals surface area contributed by atoms with Crippen molar-refractivity contribution in [3.8, 4) is 28.4 Å². The van der Waals surface area contributed by atoms with Gasteiger partial charge in [0.1, 0.15) is 5.69 Å². The van der Waals surface area contributed by atoms with E-state index < -0.39 is 0 Å².